The monoisotopic (exact) mass is 253 g/mol. The molecule has 1 aromatic rings. The lowest BCUT2D eigenvalue weighted by Crippen LogP contribution is -2.50. The number of hydrogen-bond acceptors (Lipinski definition) is 2. The summed E-state index contributed by atoms with van der Waals surface area (Å²) >= 11 is 0. The van der Waals surface area contributed by atoms with Gasteiger partial charge in [-0.2, -0.15) is 0 Å². The normalized spacial score (nSPS) is 31.5. The predicted molar refractivity (Wildman–Crippen MR) is 72.1 cm³/mol. The van der Waals surface area contributed by atoms with Crippen molar-refractivity contribution < 1.29 is 5.11 Å². The van der Waals surface area contributed by atoms with Gasteiger partial charge < -0.3 is 10.0 Å². The first-order valence-corrected chi connectivity index (χ1v) is 6.11. The molecule has 0 spiro atoms. The van der Waals surface area contributed by atoms with Crippen LogP contribution in [0.2, 0.25) is 0 Å². The van der Waals surface area contributed by atoms with Crippen LogP contribution >= 0.6 is 12.4 Å². The molecule has 2 bridgehead atoms. The molecule has 1 fully saturated rings. The fourth-order valence-corrected chi connectivity index (χ4v) is 3.41. The molecular weight excluding hydrogens is 234 g/mol. The van der Waals surface area contributed by atoms with E-state index in [-0.39, 0.29) is 17.8 Å². The van der Waals surface area contributed by atoms with Gasteiger partial charge >= 0.3 is 0 Å². The van der Waals surface area contributed by atoms with Gasteiger partial charge in [-0.3, -0.25) is 0 Å². The van der Waals surface area contributed by atoms with E-state index >= 15 is 0 Å². The van der Waals surface area contributed by atoms with Crippen molar-refractivity contribution in [2.75, 3.05) is 13.6 Å². The fraction of sp³-hybridized carbons (Fsp3) is 0.571. The molecule has 1 N–H and O–H groups in total. The van der Waals surface area contributed by atoms with Crippen LogP contribution in [0.25, 0.3) is 0 Å². The zero-order valence-corrected chi connectivity index (χ0v) is 11.3. The predicted octanol–water partition coefficient (Wildman–Crippen LogP) is 2.72. The summed E-state index contributed by atoms with van der Waals surface area (Å²) in [6, 6.07) is 6.60. The summed E-state index contributed by atoms with van der Waals surface area (Å²) in [7, 11) is 2.23. The highest BCUT2D eigenvalue weighted by molar-refractivity contribution is 5.85. The van der Waals surface area contributed by atoms with Gasteiger partial charge in [0.2, 0.25) is 0 Å². The molecule has 0 saturated carbocycles. The molecule has 3 heteroatoms. The van der Waals surface area contributed by atoms with E-state index in [1.807, 2.05) is 12.1 Å². The third-order valence-corrected chi connectivity index (χ3v) is 4.53. The van der Waals surface area contributed by atoms with Crippen LogP contribution in [-0.4, -0.2) is 29.6 Å². The van der Waals surface area contributed by atoms with Crippen molar-refractivity contribution in [2.24, 2.45) is 0 Å². The molecule has 1 aliphatic carbocycles. The van der Waals surface area contributed by atoms with Crippen LogP contribution in [0.5, 0.6) is 5.75 Å². The van der Waals surface area contributed by atoms with Crippen LogP contribution in [0.4, 0.5) is 0 Å². The molecule has 2 unspecified atom stereocenters. The van der Waals surface area contributed by atoms with Gasteiger partial charge in [0.1, 0.15) is 5.75 Å². The number of phenolic OH excluding ortho intramolecular Hbond substituents is 1. The fourth-order valence-electron chi connectivity index (χ4n) is 3.41. The average Bonchev–Trinajstić information content (AvgIpc) is 2.26. The van der Waals surface area contributed by atoms with E-state index in [1.54, 1.807) is 0 Å². The van der Waals surface area contributed by atoms with Gasteiger partial charge in [0, 0.05) is 6.04 Å². The Labute approximate surface area is 109 Å². The van der Waals surface area contributed by atoms with E-state index in [0.717, 1.165) is 6.42 Å². The zero-order valence-electron chi connectivity index (χ0n) is 10.4. The third kappa shape index (κ3) is 1.94. The summed E-state index contributed by atoms with van der Waals surface area (Å²) in [4.78, 5) is 2.48. The van der Waals surface area contributed by atoms with E-state index in [0.29, 0.717) is 11.8 Å². The standard InChI is InChI=1S/C14H19NO.ClH/c1-14-5-6-15(2)11(9-14)7-10-3-4-12(16)8-13(10)14;/h3-4,8,11,16H,5-7,9H2,1-2H3;1H. The molecule has 3 rings (SSSR count). The van der Waals surface area contributed by atoms with Gasteiger partial charge in [-0.1, -0.05) is 13.0 Å². The Balaban J connectivity index is 0.00000108. The van der Waals surface area contributed by atoms with Crippen LogP contribution in [0.15, 0.2) is 18.2 Å². The molecule has 1 saturated heterocycles. The molecule has 1 aliphatic heterocycles. The topological polar surface area (TPSA) is 23.5 Å². The lowest BCUT2D eigenvalue weighted by Gasteiger charge is -2.48. The van der Waals surface area contributed by atoms with Crippen molar-refractivity contribution in [3.63, 3.8) is 0 Å². The SMILES string of the molecule is CN1CCC2(C)CC1Cc1ccc(O)cc12.Cl. The minimum absolute atomic E-state index is 0. The van der Waals surface area contributed by atoms with Crippen molar-refractivity contribution in [3.8, 4) is 5.75 Å². The number of halogens is 1. The number of aromatic hydroxyl groups is 1. The second-order valence-corrected chi connectivity index (χ2v) is 5.69. The summed E-state index contributed by atoms with van der Waals surface area (Å²) in [5.74, 6) is 0.414. The van der Waals surface area contributed by atoms with Gasteiger partial charge in [0.25, 0.3) is 0 Å². The van der Waals surface area contributed by atoms with Gasteiger partial charge in [0.15, 0.2) is 0 Å². The Morgan fingerprint density at radius 2 is 2.18 bits per heavy atom. The number of fused-ring (bicyclic) bond motifs is 4. The summed E-state index contributed by atoms with van der Waals surface area (Å²) < 4.78 is 0. The lowest BCUT2D eigenvalue weighted by atomic mass is 9.65. The molecule has 1 heterocycles. The minimum Gasteiger partial charge on any atom is -0.508 e. The molecule has 17 heavy (non-hydrogen) atoms. The van der Waals surface area contributed by atoms with Crippen molar-refractivity contribution in [2.45, 2.75) is 37.6 Å². The summed E-state index contributed by atoms with van der Waals surface area (Å²) in [6.07, 6.45) is 3.58. The first-order chi connectivity index (χ1) is 7.58. The van der Waals surface area contributed by atoms with E-state index in [1.165, 1.54) is 30.5 Å². The van der Waals surface area contributed by atoms with E-state index < -0.39 is 0 Å². The highest BCUT2D eigenvalue weighted by Gasteiger charge is 2.41. The summed E-state index contributed by atoms with van der Waals surface area (Å²) in [6.45, 7) is 3.53. The van der Waals surface area contributed by atoms with E-state index in [9.17, 15) is 5.11 Å². The molecule has 2 aliphatic rings. The number of likely N-dealkylation sites (N-methyl/N-ethyl adjacent to an activating group) is 1. The maximum absolute atomic E-state index is 9.64. The molecular formula is C14H20ClNO. The van der Waals surface area contributed by atoms with Crippen molar-refractivity contribution in [1.29, 1.82) is 0 Å². The molecule has 2 nitrogen and oxygen atoms in total. The second kappa shape index (κ2) is 4.18. The number of piperidine rings is 1. The van der Waals surface area contributed by atoms with E-state index in [4.69, 9.17) is 0 Å². The smallest absolute Gasteiger partial charge is 0.115 e. The summed E-state index contributed by atoms with van der Waals surface area (Å²) in [5, 5.41) is 9.64. The maximum atomic E-state index is 9.64. The minimum atomic E-state index is 0. The molecule has 1 aromatic carbocycles. The van der Waals surface area contributed by atoms with Gasteiger partial charge in [-0.25, -0.2) is 0 Å². The van der Waals surface area contributed by atoms with E-state index in [2.05, 4.69) is 24.9 Å². The first-order valence-electron chi connectivity index (χ1n) is 6.11. The number of hydrogen-bond donors (Lipinski definition) is 1. The lowest BCUT2D eigenvalue weighted by molar-refractivity contribution is 0.113. The Hall–Kier alpha value is -0.730. The van der Waals surface area contributed by atoms with Crippen LogP contribution in [-0.2, 0) is 11.8 Å². The Bertz CT molecular complexity index is 434. The van der Waals surface area contributed by atoms with Gasteiger partial charge in [-0.05, 0) is 61.5 Å². The Morgan fingerprint density at radius 3 is 2.94 bits per heavy atom. The largest absolute Gasteiger partial charge is 0.508 e. The van der Waals surface area contributed by atoms with Crippen LogP contribution in [0.3, 0.4) is 0 Å². The highest BCUT2D eigenvalue weighted by atomic mass is 35.5. The van der Waals surface area contributed by atoms with Crippen molar-refractivity contribution >= 4 is 12.4 Å². The molecule has 0 amide bonds. The first kappa shape index (κ1) is 12.7. The Kier molecular flexibility index (Phi) is 3.13. The van der Waals surface area contributed by atoms with Crippen molar-refractivity contribution in [1.82, 2.24) is 4.90 Å². The average molecular weight is 254 g/mol. The van der Waals surface area contributed by atoms with Crippen LogP contribution in [0, 0.1) is 0 Å². The molecule has 2 atom stereocenters. The number of rotatable bonds is 0. The number of benzene rings is 1. The quantitative estimate of drug-likeness (QED) is 0.769. The Morgan fingerprint density at radius 1 is 1.41 bits per heavy atom. The van der Waals surface area contributed by atoms with Crippen molar-refractivity contribution in [3.05, 3.63) is 29.3 Å². The van der Waals surface area contributed by atoms with Gasteiger partial charge in [-0.15, -0.1) is 12.4 Å². The molecule has 94 valence electrons. The second-order valence-electron chi connectivity index (χ2n) is 5.69. The maximum Gasteiger partial charge on any atom is 0.115 e. The third-order valence-electron chi connectivity index (χ3n) is 4.53. The number of likely N-dealkylation sites (tertiary alicyclic amines) is 1. The number of nitrogens with zero attached hydrogens (tertiary/aromatic N) is 1. The summed E-state index contributed by atoms with van der Waals surface area (Å²) in [5.41, 5.74) is 3.10. The highest BCUT2D eigenvalue weighted by Crippen LogP contribution is 2.45. The molecule has 0 radical (unpaired) electrons. The number of phenols is 1. The van der Waals surface area contributed by atoms with Gasteiger partial charge in [0.05, 0.1) is 0 Å². The zero-order chi connectivity index (χ0) is 11.3. The van der Waals surface area contributed by atoms with Crippen LogP contribution < -0.4 is 0 Å². The van der Waals surface area contributed by atoms with Crippen LogP contribution in [0.1, 0.15) is 30.9 Å². The molecule has 0 aromatic heterocycles.